The number of rotatable bonds is 8. The third-order valence-corrected chi connectivity index (χ3v) is 2.66. The zero-order valence-electron chi connectivity index (χ0n) is 10.5. The van der Waals surface area contributed by atoms with Crippen molar-refractivity contribution >= 4 is 11.9 Å². The molecule has 0 radical (unpaired) electrons. The number of unbranched alkanes of at least 4 members (excludes halogenated alkanes) is 2. The molecule has 0 aliphatic rings. The molecule has 0 atom stereocenters. The van der Waals surface area contributed by atoms with Crippen LogP contribution in [0.4, 0.5) is 0 Å². The fourth-order valence-corrected chi connectivity index (χ4v) is 1.67. The molecule has 1 amide bonds. The molecule has 106 valence electrons. The SMILES string of the molecule is O=C(O)CNC(=O)CCCCCn1c(O)ccc1O. The predicted octanol–water partition coefficient (Wildman–Crippen LogP) is 0.660. The van der Waals surface area contributed by atoms with Crippen LogP contribution in [0, 0.1) is 0 Å². The van der Waals surface area contributed by atoms with Crippen molar-refractivity contribution in [2.24, 2.45) is 0 Å². The summed E-state index contributed by atoms with van der Waals surface area (Å²) in [6, 6.07) is 2.82. The Labute approximate surface area is 110 Å². The number of nitrogens with zero attached hydrogens (tertiary/aromatic N) is 1. The van der Waals surface area contributed by atoms with E-state index < -0.39 is 5.97 Å². The number of hydrogen-bond acceptors (Lipinski definition) is 4. The number of carboxylic acid groups (broad SMARTS) is 1. The zero-order valence-corrected chi connectivity index (χ0v) is 10.5. The molecule has 0 aromatic carbocycles. The van der Waals surface area contributed by atoms with Crippen molar-refractivity contribution < 1.29 is 24.9 Å². The predicted molar refractivity (Wildman–Crippen MR) is 66.9 cm³/mol. The lowest BCUT2D eigenvalue weighted by Gasteiger charge is -2.06. The van der Waals surface area contributed by atoms with E-state index in [2.05, 4.69) is 5.32 Å². The topological polar surface area (TPSA) is 112 Å². The Morgan fingerprint density at radius 3 is 2.32 bits per heavy atom. The van der Waals surface area contributed by atoms with Crippen LogP contribution in [0.5, 0.6) is 11.8 Å². The van der Waals surface area contributed by atoms with Gasteiger partial charge in [0.15, 0.2) is 11.8 Å². The van der Waals surface area contributed by atoms with Gasteiger partial charge in [0.1, 0.15) is 6.54 Å². The first-order valence-corrected chi connectivity index (χ1v) is 6.06. The molecular formula is C12H18N2O5. The average molecular weight is 270 g/mol. The normalized spacial score (nSPS) is 10.3. The highest BCUT2D eigenvalue weighted by Gasteiger charge is 2.06. The zero-order chi connectivity index (χ0) is 14.3. The van der Waals surface area contributed by atoms with Crippen molar-refractivity contribution in [3.8, 4) is 11.8 Å². The quantitative estimate of drug-likeness (QED) is 0.518. The molecule has 4 N–H and O–H groups in total. The highest BCUT2D eigenvalue weighted by molar-refractivity contribution is 5.80. The maximum absolute atomic E-state index is 11.2. The van der Waals surface area contributed by atoms with Gasteiger partial charge >= 0.3 is 5.97 Å². The van der Waals surface area contributed by atoms with Crippen LogP contribution in [0.1, 0.15) is 25.7 Å². The molecule has 7 heteroatoms. The van der Waals surface area contributed by atoms with E-state index in [0.29, 0.717) is 19.4 Å². The van der Waals surface area contributed by atoms with Crippen molar-refractivity contribution in [1.82, 2.24) is 9.88 Å². The maximum atomic E-state index is 11.2. The molecule has 1 rings (SSSR count). The van der Waals surface area contributed by atoms with E-state index in [-0.39, 0.29) is 30.6 Å². The van der Waals surface area contributed by atoms with E-state index in [4.69, 9.17) is 5.11 Å². The standard InChI is InChI=1S/C12H18N2O5/c15-9(13-8-12(18)19)4-2-1-3-7-14-10(16)5-6-11(14)17/h5-6,16-17H,1-4,7-8H2,(H,13,15)(H,18,19). The molecule has 0 unspecified atom stereocenters. The van der Waals surface area contributed by atoms with Crippen LogP contribution < -0.4 is 5.32 Å². The monoisotopic (exact) mass is 270 g/mol. The summed E-state index contributed by atoms with van der Waals surface area (Å²) in [5.41, 5.74) is 0. The lowest BCUT2D eigenvalue weighted by Crippen LogP contribution is -2.28. The van der Waals surface area contributed by atoms with Gasteiger partial charge in [-0.15, -0.1) is 0 Å². The van der Waals surface area contributed by atoms with Gasteiger partial charge in [0.05, 0.1) is 0 Å². The van der Waals surface area contributed by atoms with Gasteiger partial charge in [-0.05, 0) is 12.8 Å². The molecule has 1 heterocycles. The van der Waals surface area contributed by atoms with Crippen LogP contribution in [-0.2, 0) is 16.1 Å². The van der Waals surface area contributed by atoms with Crippen LogP contribution in [0.2, 0.25) is 0 Å². The minimum Gasteiger partial charge on any atom is -0.494 e. The molecule has 0 saturated heterocycles. The van der Waals surface area contributed by atoms with Gasteiger partial charge in [0, 0.05) is 25.1 Å². The Kier molecular flexibility index (Phi) is 5.72. The molecule has 19 heavy (non-hydrogen) atoms. The minimum atomic E-state index is -1.06. The molecule has 0 saturated carbocycles. The number of hydrogen-bond donors (Lipinski definition) is 4. The van der Waals surface area contributed by atoms with Gasteiger partial charge in [-0.25, -0.2) is 0 Å². The third-order valence-electron chi connectivity index (χ3n) is 2.66. The van der Waals surface area contributed by atoms with Crippen molar-refractivity contribution in [3.05, 3.63) is 12.1 Å². The van der Waals surface area contributed by atoms with Gasteiger partial charge in [-0.2, -0.15) is 0 Å². The molecule has 0 bridgehead atoms. The van der Waals surface area contributed by atoms with Crippen molar-refractivity contribution in [1.29, 1.82) is 0 Å². The number of aromatic nitrogens is 1. The van der Waals surface area contributed by atoms with E-state index in [1.807, 2.05) is 0 Å². The van der Waals surface area contributed by atoms with E-state index in [9.17, 15) is 19.8 Å². The first-order chi connectivity index (χ1) is 9.00. The lowest BCUT2D eigenvalue weighted by molar-refractivity contribution is -0.137. The van der Waals surface area contributed by atoms with E-state index in [0.717, 1.165) is 6.42 Å². The fourth-order valence-electron chi connectivity index (χ4n) is 1.67. The second-order valence-corrected chi connectivity index (χ2v) is 4.18. The Hall–Kier alpha value is -2.18. The smallest absolute Gasteiger partial charge is 0.322 e. The van der Waals surface area contributed by atoms with Gasteiger partial charge in [-0.3, -0.25) is 14.2 Å². The molecular weight excluding hydrogens is 252 g/mol. The minimum absolute atomic E-state index is 0.0108. The first-order valence-electron chi connectivity index (χ1n) is 6.06. The largest absolute Gasteiger partial charge is 0.494 e. The second-order valence-electron chi connectivity index (χ2n) is 4.18. The molecule has 7 nitrogen and oxygen atoms in total. The Morgan fingerprint density at radius 2 is 1.74 bits per heavy atom. The van der Waals surface area contributed by atoms with Crippen molar-refractivity contribution in [2.75, 3.05) is 6.54 Å². The van der Waals surface area contributed by atoms with Gasteiger partial charge < -0.3 is 20.6 Å². The highest BCUT2D eigenvalue weighted by Crippen LogP contribution is 2.21. The summed E-state index contributed by atoms with van der Waals surface area (Å²) in [6.07, 6.45) is 2.37. The maximum Gasteiger partial charge on any atom is 0.322 e. The van der Waals surface area contributed by atoms with Gasteiger partial charge in [0.2, 0.25) is 5.91 Å². The van der Waals surface area contributed by atoms with Crippen LogP contribution in [-0.4, -0.2) is 38.3 Å². The number of carboxylic acids is 1. The van der Waals surface area contributed by atoms with Gasteiger partial charge in [-0.1, -0.05) is 6.42 Å². The molecule has 1 aromatic rings. The van der Waals surface area contributed by atoms with Crippen molar-refractivity contribution in [2.45, 2.75) is 32.2 Å². The number of amides is 1. The number of aliphatic carboxylic acids is 1. The Balaban J connectivity index is 2.11. The van der Waals surface area contributed by atoms with Crippen LogP contribution in [0.15, 0.2) is 12.1 Å². The number of carbonyl (C=O) groups excluding carboxylic acids is 1. The van der Waals surface area contributed by atoms with Crippen LogP contribution in [0.25, 0.3) is 0 Å². The molecule has 1 aromatic heterocycles. The summed E-state index contributed by atoms with van der Waals surface area (Å²) in [5.74, 6) is -1.32. The molecule has 0 aliphatic heterocycles. The number of carbonyl (C=O) groups is 2. The summed E-state index contributed by atoms with van der Waals surface area (Å²) < 4.78 is 1.38. The van der Waals surface area contributed by atoms with E-state index >= 15 is 0 Å². The van der Waals surface area contributed by atoms with Crippen LogP contribution >= 0.6 is 0 Å². The average Bonchev–Trinajstić information content (AvgIpc) is 2.67. The van der Waals surface area contributed by atoms with Crippen molar-refractivity contribution in [3.63, 3.8) is 0 Å². The number of nitrogens with one attached hydrogen (secondary N) is 1. The summed E-state index contributed by atoms with van der Waals surface area (Å²) in [6.45, 7) is 0.116. The molecule has 0 fully saturated rings. The first kappa shape index (κ1) is 14.9. The van der Waals surface area contributed by atoms with Gasteiger partial charge in [0.25, 0.3) is 0 Å². The second kappa shape index (κ2) is 7.30. The highest BCUT2D eigenvalue weighted by atomic mass is 16.4. The fraction of sp³-hybridized carbons (Fsp3) is 0.500. The lowest BCUT2D eigenvalue weighted by atomic mass is 10.2. The molecule has 0 spiro atoms. The van der Waals surface area contributed by atoms with Crippen LogP contribution in [0.3, 0.4) is 0 Å². The number of aromatic hydroxyl groups is 2. The summed E-state index contributed by atoms with van der Waals surface area (Å²) in [7, 11) is 0. The third kappa shape index (κ3) is 5.33. The summed E-state index contributed by atoms with van der Waals surface area (Å²) in [5, 5.41) is 29.4. The summed E-state index contributed by atoms with van der Waals surface area (Å²) in [4.78, 5) is 21.4. The van der Waals surface area contributed by atoms with E-state index in [1.165, 1.54) is 16.7 Å². The summed E-state index contributed by atoms with van der Waals surface area (Å²) >= 11 is 0. The Morgan fingerprint density at radius 1 is 1.11 bits per heavy atom. The Bertz CT molecular complexity index is 422. The van der Waals surface area contributed by atoms with E-state index in [1.54, 1.807) is 0 Å². The molecule has 0 aliphatic carbocycles.